The first-order valence-corrected chi connectivity index (χ1v) is 20.1. The monoisotopic (exact) mass is 724 g/mol. The van der Waals surface area contributed by atoms with E-state index in [0.29, 0.717) is 6.54 Å². The Morgan fingerprint density at radius 3 is 1.59 bits per heavy atom. The van der Waals surface area contributed by atoms with Crippen LogP contribution in [0, 0.1) is 5.92 Å². The Kier molecular flexibility index (Phi) is 24.5. The lowest BCUT2D eigenvalue weighted by Crippen LogP contribution is -2.48. The highest BCUT2D eigenvalue weighted by Crippen LogP contribution is 2.22. The molecule has 0 aromatic carbocycles. The maximum absolute atomic E-state index is 11.2. The molecule has 3 amide bonds. The number of hydrogen-bond donors (Lipinski definition) is 7. The minimum absolute atomic E-state index is 0.0463. The molecule has 14 nitrogen and oxygen atoms in total. The predicted octanol–water partition coefficient (Wildman–Crippen LogP) is -0.540. The molecule has 0 aromatic heterocycles. The largest absolute Gasteiger partial charge is 0.368 e. The Morgan fingerprint density at radius 2 is 1.18 bits per heavy atom. The fraction of sp³-hybridized carbons (Fsp3) is 0.919. The first kappa shape index (κ1) is 45.2. The van der Waals surface area contributed by atoms with Crippen LogP contribution in [0.15, 0.2) is 0 Å². The maximum atomic E-state index is 11.2. The summed E-state index contributed by atoms with van der Waals surface area (Å²) in [5, 5.41) is 18.7. The summed E-state index contributed by atoms with van der Waals surface area (Å²) in [7, 11) is 5.26. The molecule has 0 bridgehead atoms. The first-order chi connectivity index (χ1) is 24.6. The van der Waals surface area contributed by atoms with Gasteiger partial charge < -0.3 is 47.4 Å². The average molecular weight is 724 g/mol. The van der Waals surface area contributed by atoms with Crippen molar-refractivity contribution in [3.63, 3.8) is 0 Å². The molecule has 6 rings (SSSR count). The van der Waals surface area contributed by atoms with E-state index >= 15 is 0 Å². The quantitative estimate of drug-likeness (QED) is 0.181. The molecule has 6 aliphatic rings. The number of piperazine rings is 3. The Hall–Kier alpha value is -1.91. The van der Waals surface area contributed by atoms with Crippen molar-refractivity contribution in [2.24, 2.45) is 11.7 Å². The van der Waals surface area contributed by atoms with E-state index in [1.54, 1.807) is 26.0 Å². The molecule has 0 aromatic rings. The van der Waals surface area contributed by atoms with Crippen LogP contribution in [-0.4, -0.2) is 181 Å². The van der Waals surface area contributed by atoms with Gasteiger partial charge in [-0.2, -0.15) is 0 Å². The van der Waals surface area contributed by atoms with Crippen molar-refractivity contribution < 1.29 is 14.4 Å². The highest BCUT2D eigenvalue weighted by atomic mass is 16.2. The van der Waals surface area contributed by atoms with Gasteiger partial charge in [-0.15, -0.1) is 0 Å². The number of amides is 3. The molecule has 5 aliphatic heterocycles. The predicted molar refractivity (Wildman–Crippen MR) is 209 cm³/mol. The van der Waals surface area contributed by atoms with Crippen molar-refractivity contribution in [3.05, 3.63) is 0 Å². The highest BCUT2D eigenvalue weighted by Gasteiger charge is 2.23. The summed E-state index contributed by atoms with van der Waals surface area (Å²) >= 11 is 0. The third-order valence-electron chi connectivity index (χ3n) is 10.1. The van der Waals surface area contributed by atoms with Crippen LogP contribution < -0.4 is 37.6 Å². The summed E-state index contributed by atoms with van der Waals surface area (Å²) in [6.07, 6.45) is 11.4. The number of nitrogens with one attached hydrogen (secondary N) is 6. The molecule has 51 heavy (non-hydrogen) atoms. The summed E-state index contributed by atoms with van der Waals surface area (Å²) < 4.78 is 0. The lowest BCUT2D eigenvalue weighted by atomic mass is 9.94. The molecule has 6 fully saturated rings. The topological polar surface area (TPSA) is 162 Å². The molecule has 1 aliphatic carbocycles. The second-order valence-corrected chi connectivity index (χ2v) is 15.2. The van der Waals surface area contributed by atoms with Crippen molar-refractivity contribution in [2.45, 2.75) is 89.8 Å². The van der Waals surface area contributed by atoms with Crippen molar-refractivity contribution >= 4 is 17.7 Å². The molecule has 0 radical (unpaired) electrons. The molecule has 0 spiro atoms. The minimum atomic E-state index is -0.220. The number of nitrogens with two attached hydrogens (primary N) is 1. The lowest BCUT2D eigenvalue weighted by molar-refractivity contribution is -0.130. The van der Waals surface area contributed by atoms with E-state index in [1.165, 1.54) is 91.0 Å². The molecule has 5 saturated heterocycles. The van der Waals surface area contributed by atoms with Gasteiger partial charge in [-0.25, -0.2) is 0 Å². The Balaban J connectivity index is 0.000000222. The molecule has 5 heterocycles. The van der Waals surface area contributed by atoms with Gasteiger partial charge in [0.25, 0.3) is 0 Å². The standard InChI is InChI=1S/C10H20N2.C8H18N2.C7H15N3O.C7H14N2O.C5H10N2O/c1-2-4-10(5-3-1)12-8-6-11-7-9-12;1-8(2)7-10-5-3-9-4-6-10;1-8-7(11)6-10-4-2-9-3-5-10;1-9(2)7(10)6-4-3-5-8-6;6-5(8)4-2-1-3-7-4/h10-11H,1-9H2;8-9H,3-7H2,1-2H3;9H,2-6H2,1H3,(H,8,11);6,8H,3-5H2,1-2H3;4,7H,1-3H2,(H2,6,8). The van der Waals surface area contributed by atoms with E-state index in [0.717, 1.165) is 76.9 Å². The van der Waals surface area contributed by atoms with Crippen molar-refractivity contribution in [1.82, 2.24) is 51.5 Å². The van der Waals surface area contributed by atoms with Crippen molar-refractivity contribution in [2.75, 3.05) is 126 Å². The number of likely N-dealkylation sites (N-methyl/N-ethyl adjacent to an activating group) is 2. The molecule has 2 atom stereocenters. The van der Waals surface area contributed by atoms with E-state index in [2.05, 4.69) is 60.4 Å². The third kappa shape index (κ3) is 20.8. The van der Waals surface area contributed by atoms with Crippen molar-refractivity contribution in [1.29, 1.82) is 0 Å². The number of carbonyl (C=O) groups excluding carboxylic acids is 3. The third-order valence-corrected chi connectivity index (χ3v) is 10.1. The second-order valence-electron chi connectivity index (χ2n) is 15.2. The summed E-state index contributed by atoms with van der Waals surface area (Å²) in [5.74, 6) is 0.907. The lowest BCUT2D eigenvalue weighted by Gasteiger charge is -2.36. The van der Waals surface area contributed by atoms with Crippen LogP contribution in [0.25, 0.3) is 0 Å². The zero-order valence-electron chi connectivity index (χ0n) is 33.1. The zero-order chi connectivity index (χ0) is 37.3. The van der Waals surface area contributed by atoms with Crippen LogP contribution in [0.2, 0.25) is 0 Å². The number of nitrogens with zero attached hydrogens (tertiary/aromatic N) is 4. The van der Waals surface area contributed by atoms with Crippen LogP contribution in [0.3, 0.4) is 0 Å². The Labute approximate surface area is 310 Å². The zero-order valence-corrected chi connectivity index (χ0v) is 33.1. The number of primary amides is 1. The average Bonchev–Trinajstić information content (AvgIpc) is 3.90. The molecule has 298 valence electrons. The molecule has 1 saturated carbocycles. The SMILES string of the molecule is C1CCC(N2CCNCC2)CC1.CC(C)CN1CCNCC1.CN(C)C(=O)C1CCCN1.CNC(=O)CN1CCNCC1.NC(=O)C1CCCN1. The first-order valence-electron chi connectivity index (χ1n) is 20.1. The fourth-order valence-corrected chi connectivity index (χ4v) is 7.19. The van der Waals surface area contributed by atoms with Crippen LogP contribution in [0.1, 0.15) is 71.6 Å². The summed E-state index contributed by atoms with van der Waals surface area (Å²) in [6, 6.07) is 0.978. The Morgan fingerprint density at radius 1 is 0.686 bits per heavy atom. The van der Waals surface area contributed by atoms with E-state index in [1.807, 2.05) is 0 Å². The second kappa shape index (κ2) is 27.7. The van der Waals surface area contributed by atoms with Crippen molar-refractivity contribution in [3.8, 4) is 0 Å². The van der Waals surface area contributed by atoms with Gasteiger partial charge >= 0.3 is 0 Å². The van der Waals surface area contributed by atoms with E-state index in [9.17, 15) is 14.4 Å². The van der Waals surface area contributed by atoms with Gasteiger partial charge in [0.15, 0.2) is 0 Å². The van der Waals surface area contributed by atoms with Crippen LogP contribution in [0.5, 0.6) is 0 Å². The van der Waals surface area contributed by atoms with E-state index < -0.39 is 0 Å². The van der Waals surface area contributed by atoms with Gasteiger partial charge in [-0.3, -0.25) is 24.2 Å². The van der Waals surface area contributed by atoms with Crippen LogP contribution in [-0.2, 0) is 14.4 Å². The van der Waals surface area contributed by atoms with Gasteiger partial charge in [-0.05, 0) is 57.5 Å². The van der Waals surface area contributed by atoms with Gasteiger partial charge in [0.1, 0.15) is 0 Å². The highest BCUT2D eigenvalue weighted by molar-refractivity contribution is 5.81. The molecule has 14 heteroatoms. The molecular formula is C37H77N11O3. The maximum Gasteiger partial charge on any atom is 0.239 e. The van der Waals surface area contributed by atoms with Gasteiger partial charge in [0.2, 0.25) is 17.7 Å². The van der Waals surface area contributed by atoms with E-state index in [4.69, 9.17) is 5.73 Å². The molecule has 8 N–H and O–H groups in total. The van der Waals surface area contributed by atoms with Gasteiger partial charge in [0.05, 0.1) is 18.6 Å². The summed E-state index contributed by atoms with van der Waals surface area (Å²) in [6.45, 7) is 22.0. The minimum Gasteiger partial charge on any atom is -0.368 e. The Bertz CT molecular complexity index is 889. The van der Waals surface area contributed by atoms with Crippen LogP contribution >= 0.6 is 0 Å². The molecular weight excluding hydrogens is 646 g/mol. The van der Waals surface area contributed by atoms with Gasteiger partial charge in [0, 0.05) is 112 Å². The molecule has 2 unspecified atom stereocenters. The number of carbonyl (C=O) groups is 3. The normalized spacial score (nSPS) is 24.7. The fourth-order valence-electron chi connectivity index (χ4n) is 7.19. The number of hydrogen-bond acceptors (Lipinski definition) is 11. The van der Waals surface area contributed by atoms with Gasteiger partial charge in [-0.1, -0.05) is 33.1 Å². The van der Waals surface area contributed by atoms with E-state index in [-0.39, 0.29) is 29.8 Å². The summed E-state index contributed by atoms with van der Waals surface area (Å²) in [4.78, 5) is 41.5. The number of rotatable bonds is 7. The smallest absolute Gasteiger partial charge is 0.239 e. The summed E-state index contributed by atoms with van der Waals surface area (Å²) in [5.41, 5.74) is 5.00. The van der Waals surface area contributed by atoms with Crippen LogP contribution in [0.4, 0.5) is 0 Å².